The Morgan fingerprint density at radius 2 is 1.16 bits per heavy atom. The third-order valence-corrected chi connectivity index (χ3v) is 8.82. The molecule has 0 N–H and O–H groups in total. The summed E-state index contributed by atoms with van der Waals surface area (Å²) in [4.78, 5) is 26.4. The van der Waals surface area contributed by atoms with Gasteiger partial charge in [0, 0.05) is 4.47 Å². The number of imide groups is 1. The summed E-state index contributed by atoms with van der Waals surface area (Å²) >= 11 is 24.6. The highest BCUT2D eigenvalue weighted by atomic mass is 79.9. The standard InChI is InChI=1S/C24H13BrCl3NO2/c25-12-9-10-18(17(26)11-12)29-21(30)19-20(22(29)31)24(28)14-6-2-1-5-13(14)23(19,27)15-7-3-4-8-16(15)24/h1-11,19-20H/t19-,20-,23?,24?/m1/s1. The number of rotatable bonds is 1. The van der Waals surface area contributed by atoms with Crippen molar-refractivity contribution in [2.45, 2.75) is 9.75 Å². The number of alkyl halides is 2. The molecule has 2 bridgehead atoms. The number of hydrogen-bond acceptors (Lipinski definition) is 2. The van der Waals surface area contributed by atoms with Crippen molar-refractivity contribution in [3.63, 3.8) is 0 Å². The van der Waals surface area contributed by atoms with Crippen LogP contribution in [0.1, 0.15) is 22.3 Å². The first kappa shape index (κ1) is 19.8. The molecule has 3 aliphatic carbocycles. The fraction of sp³-hybridized carbons (Fsp3) is 0.167. The Balaban J connectivity index is 1.66. The quantitative estimate of drug-likeness (QED) is 0.276. The summed E-state index contributed by atoms with van der Waals surface area (Å²) in [7, 11) is 0. The van der Waals surface area contributed by atoms with Crippen LogP contribution in [0.25, 0.3) is 0 Å². The summed E-state index contributed by atoms with van der Waals surface area (Å²) in [5, 5.41) is 0.296. The molecule has 3 nitrogen and oxygen atoms in total. The van der Waals surface area contributed by atoms with Crippen LogP contribution in [0.3, 0.4) is 0 Å². The Bertz CT molecular complexity index is 1200. The zero-order valence-corrected chi connectivity index (χ0v) is 19.6. The number of carbonyl (C=O) groups excluding carboxylic acids is 2. The number of halogens is 4. The first-order valence-corrected chi connectivity index (χ1v) is 11.6. The minimum atomic E-state index is -1.20. The molecule has 0 unspecified atom stereocenters. The van der Waals surface area contributed by atoms with Gasteiger partial charge in [-0.15, -0.1) is 23.2 Å². The molecule has 0 radical (unpaired) electrons. The lowest BCUT2D eigenvalue weighted by Gasteiger charge is -2.54. The van der Waals surface area contributed by atoms with Crippen molar-refractivity contribution in [1.82, 2.24) is 0 Å². The van der Waals surface area contributed by atoms with Gasteiger partial charge in [-0.05, 0) is 40.5 Å². The van der Waals surface area contributed by atoms with Gasteiger partial charge in [0.15, 0.2) is 0 Å². The highest BCUT2D eigenvalue weighted by molar-refractivity contribution is 9.10. The number of nitrogens with zero attached hydrogens (tertiary/aromatic N) is 1. The zero-order valence-electron chi connectivity index (χ0n) is 15.8. The van der Waals surface area contributed by atoms with E-state index in [9.17, 15) is 9.59 Å². The van der Waals surface area contributed by atoms with E-state index in [1.54, 1.807) is 18.2 Å². The molecule has 0 saturated carbocycles. The predicted octanol–water partition coefficient (Wildman–Crippen LogP) is 6.20. The van der Waals surface area contributed by atoms with Crippen LogP contribution in [-0.2, 0) is 19.3 Å². The highest BCUT2D eigenvalue weighted by Crippen LogP contribution is 2.69. The maximum absolute atomic E-state index is 13.8. The first-order chi connectivity index (χ1) is 14.8. The van der Waals surface area contributed by atoms with E-state index in [1.807, 2.05) is 48.5 Å². The lowest BCUT2D eigenvalue weighted by Crippen LogP contribution is -2.57. The van der Waals surface area contributed by atoms with Crippen LogP contribution < -0.4 is 4.90 Å². The first-order valence-electron chi connectivity index (χ1n) is 9.72. The summed E-state index contributed by atoms with van der Waals surface area (Å²) in [6.07, 6.45) is 0. The molecule has 2 atom stereocenters. The molecule has 1 saturated heterocycles. The SMILES string of the molecule is O=C1[C@H]2[C@H](C(=O)N1c1ccc(Br)cc1Cl)C1(Cl)c3ccccc3C2(Cl)c2ccccc21. The van der Waals surface area contributed by atoms with Crippen molar-refractivity contribution < 1.29 is 9.59 Å². The van der Waals surface area contributed by atoms with Crippen LogP contribution in [0.15, 0.2) is 71.2 Å². The van der Waals surface area contributed by atoms with Gasteiger partial charge in [0.1, 0.15) is 9.75 Å². The summed E-state index contributed by atoms with van der Waals surface area (Å²) in [5.74, 6) is -2.46. The molecule has 0 aromatic heterocycles. The van der Waals surface area contributed by atoms with E-state index >= 15 is 0 Å². The van der Waals surface area contributed by atoms with Gasteiger partial charge in [0.25, 0.3) is 0 Å². The van der Waals surface area contributed by atoms with E-state index in [0.29, 0.717) is 10.7 Å². The number of carbonyl (C=O) groups is 2. The van der Waals surface area contributed by atoms with Gasteiger partial charge in [-0.25, -0.2) is 4.90 Å². The summed E-state index contributed by atoms with van der Waals surface area (Å²) < 4.78 is 0.750. The lowest BCUT2D eigenvalue weighted by molar-refractivity contribution is -0.122. The van der Waals surface area contributed by atoms with Gasteiger partial charge in [0.05, 0.1) is 22.5 Å². The molecule has 1 heterocycles. The van der Waals surface area contributed by atoms with E-state index in [-0.39, 0.29) is 11.8 Å². The Morgan fingerprint density at radius 3 is 1.55 bits per heavy atom. The van der Waals surface area contributed by atoms with Gasteiger partial charge < -0.3 is 0 Å². The Kier molecular flexibility index (Phi) is 4.06. The number of amides is 2. The summed E-state index contributed by atoms with van der Waals surface area (Å²) in [5.41, 5.74) is 3.43. The molecule has 7 rings (SSSR count). The molecule has 1 fully saturated rings. The van der Waals surface area contributed by atoms with Gasteiger partial charge in [-0.1, -0.05) is 76.1 Å². The second kappa shape index (κ2) is 6.35. The lowest BCUT2D eigenvalue weighted by atomic mass is 9.54. The molecule has 3 aromatic carbocycles. The van der Waals surface area contributed by atoms with Crippen LogP contribution in [0.5, 0.6) is 0 Å². The monoisotopic (exact) mass is 531 g/mol. The fourth-order valence-electron chi connectivity index (χ4n) is 5.57. The normalized spacial score (nSPS) is 30.3. The molecular formula is C24H13BrCl3NO2. The molecule has 2 amide bonds. The summed E-state index contributed by atoms with van der Waals surface area (Å²) in [6.45, 7) is 0. The van der Waals surface area contributed by atoms with Crippen molar-refractivity contribution in [2.75, 3.05) is 4.90 Å². The molecule has 154 valence electrons. The van der Waals surface area contributed by atoms with Crippen LogP contribution in [0, 0.1) is 11.8 Å². The Labute approximate surface area is 202 Å². The van der Waals surface area contributed by atoms with Crippen LogP contribution >= 0.6 is 50.7 Å². The molecule has 0 spiro atoms. The number of hydrogen-bond donors (Lipinski definition) is 0. The maximum atomic E-state index is 13.8. The fourth-order valence-corrected chi connectivity index (χ4v) is 7.42. The van der Waals surface area contributed by atoms with E-state index in [2.05, 4.69) is 15.9 Å². The van der Waals surface area contributed by atoms with Gasteiger partial charge in [0.2, 0.25) is 11.8 Å². The zero-order chi connectivity index (χ0) is 21.7. The average Bonchev–Trinajstić information content (AvgIpc) is 3.04. The van der Waals surface area contributed by atoms with E-state index in [4.69, 9.17) is 34.8 Å². The average molecular weight is 534 g/mol. The van der Waals surface area contributed by atoms with Crippen LogP contribution in [-0.4, -0.2) is 11.8 Å². The van der Waals surface area contributed by atoms with Crippen molar-refractivity contribution in [3.05, 3.63) is 98.5 Å². The Morgan fingerprint density at radius 1 is 0.742 bits per heavy atom. The smallest absolute Gasteiger partial charge is 0.240 e. The van der Waals surface area contributed by atoms with Crippen LogP contribution in [0.4, 0.5) is 5.69 Å². The molecule has 4 aliphatic rings. The molecule has 1 aliphatic heterocycles. The van der Waals surface area contributed by atoms with Crippen molar-refractivity contribution >= 4 is 68.2 Å². The van der Waals surface area contributed by atoms with Crippen molar-refractivity contribution in [3.8, 4) is 0 Å². The largest absolute Gasteiger partial charge is 0.274 e. The minimum Gasteiger partial charge on any atom is -0.274 e. The minimum absolute atomic E-state index is 0.296. The molecule has 31 heavy (non-hydrogen) atoms. The van der Waals surface area contributed by atoms with Gasteiger partial charge in [-0.3, -0.25) is 9.59 Å². The van der Waals surface area contributed by atoms with Crippen LogP contribution in [0.2, 0.25) is 5.02 Å². The van der Waals surface area contributed by atoms with Crippen molar-refractivity contribution in [2.24, 2.45) is 11.8 Å². The molecular weight excluding hydrogens is 521 g/mol. The topological polar surface area (TPSA) is 37.4 Å². The van der Waals surface area contributed by atoms with E-state index in [0.717, 1.165) is 31.6 Å². The van der Waals surface area contributed by atoms with E-state index in [1.165, 1.54) is 0 Å². The Hall–Kier alpha value is -1.85. The third kappa shape index (κ3) is 2.22. The number of benzene rings is 3. The van der Waals surface area contributed by atoms with E-state index < -0.39 is 21.6 Å². The van der Waals surface area contributed by atoms with Gasteiger partial charge >= 0.3 is 0 Å². The third-order valence-electron chi connectivity index (χ3n) is 6.74. The maximum Gasteiger partial charge on any atom is 0.240 e. The summed E-state index contributed by atoms with van der Waals surface area (Å²) in [6, 6.07) is 20.2. The highest BCUT2D eigenvalue weighted by Gasteiger charge is 2.73. The van der Waals surface area contributed by atoms with Gasteiger partial charge in [-0.2, -0.15) is 0 Å². The predicted molar refractivity (Wildman–Crippen MR) is 125 cm³/mol. The second-order valence-corrected chi connectivity index (χ2v) is 10.6. The molecule has 7 heteroatoms. The number of anilines is 1. The second-order valence-electron chi connectivity index (χ2n) is 8.08. The van der Waals surface area contributed by atoms with Crippen molar-refractivity contribution in [1.29, 1.82) is 0 Å². The molecule has 3 aromatic rings.